The molecule has 3 aromatic rings. The zero-order chi connectivity index (χ0) is 14.8. The molecule has 0 bridgehead atoms. The van der Waals surface area contributed by atoms with E-state index in [0.717, 1.165) is 11.3 Å². The molecule has 0 unspecified atom stereocenters. The molecule has 0 aliphatic heterocycles. The van der Waals surface area contributed by atoms with Crippen molar-refractivity contribution in [3.05, 3.63) is 58.2 Å². The average molecular weight is 323 g/mol. The minimum absolute atomic E-state index is 0.314. The van der Waals surface area contributed by atoms with E-state index >= 15 is 0 Å². The number of aromatic nitrogens is 1. The molecular formula is C15H12Cl2N2O2. The maximum atomic E-state index is 6.24. The predicted molar refractivity (Wildman–Crippen MR) is 82.5 cm³/mol. The monoisotopic (exact) mass is 322 g/mol. The molecule has 2 N–H and O–H groups in total. The number of rotatable bonds is 4. The largest absolute Gasteiger partial charge is 0.469 e. The number of benzene rings is 1. The van der Waals surface area contributed by atoms with Gasteiger partial charge in [0.15, 0.2) is 5.82 Å². The van der Waals surface area contributed by atoms with Gasteiger partial charge in [-0.05, 0) is 24.3 Å². The number of nitrogens with two attached hydrogens (primary N) is 1. The van der Waals surface area contributed by atoms with Crippen LogP contribution in [0.25, 0.3) is 11.1 Å². The van der Waals surface area contributed by atoms with Gasteiger partial charge in [0.1, 0.15) is 11.5 Å². The molecule has 4 nitrogen and oxygen atoms in total. The summed E-state index contributed by atoms with van der Waals surface area (Å²) in [7, 11) is 0. The third kappa shape index (κ3) is 2.91. The summed E-state index contributed by atoms with van der Waals surface area (Å²) in [6.45, 7) is 0. The van der Waals surface area contributed by atoms with E-state index in [0.29, 0.717) is 40.0 Å². The number of hydrogen-bond acceptors (Lipinski definition) is 4. The topological polar surface area (TPSA) is 65.2 Å². The van der Waals surface area contributed by atoms with Crippen molar-refractivity contribution < 1.29 is 8.94 Å². The zero-order valence-electron chi connectivity index (χ0n) is 11.0. The Hall–Kier alpha value is -1.91. The summed E-state index contributed by atoms with van der Waals surface area (Å²) in [5, 5.41) is 4.91. The fraction of sp³-hybridized carbons (Fsp3) is 0.133. The van der Waals surface area contributed by atoms with Crippen LogP contribution in [0.5, 0.6) is 0 Å². The number of anilines is 1. The second kappa shape index (κ2) is 5.84. The first-order valence-electron chi connectivity index (χ1n) is 6.37. The van der Waals surface area contributed by atoms with Gasteiger partial charge in [-0.15, -0.1) is 0 Å². The summed E-state index contributed by atoms with van der Waals surface area (Å²) >= 11 is 12.2. The van der Waals surface area contributed by atoms with Crippen LogP contribution < -0.4 is 5.73 Å². The average Bonchev–Trinajstić information content (AvgIpc) is 3.07. The van der Waals surface area contributed by atoms with Crippen LogP contribution in [0.2, 0.25) is 10.0 Å². The molecule has 1 aromatic carbocycles. The molecule has 0 saturated heterocycles. The van der Waals surface area contributed by atoms with Crippen LogP contribution in [0.1, 0.15) is 11.5 Å². The molecule has 0 fully saturated rings. The van der Waals surface area contributed by atoms with E-state index in [4.69, 9.17) is 37.9 Å². The molecule has 108 valence electrons. The lowest BCUT2D eigenvalue weighted by Gasteiger charge is -2.05. The Morgan fingerprint density at radius 1 is 1.14 bits per heavy atom. The van der Waals surface area contributed by atoms with Gasteiger partial charge in [0.2, 0.25) is 0 Å². The van der Waals surface area contributed by atoms with E-state index in [2.05, 4.69) is 5.16 Å². The van der Waals surface area contributed by atoms with Crippen molar-refractivity contribution >= 4 is 29.0 Å². The molecule has 0 saturated carbocycles. The molecule has 0 aliphatic carbocycles. The highest BCUT2D eigenvalue weighted by Crippen LogP contribution is 2.36. The Balaban J connectivity index is 1.93. The fourth-order valence-corrected chi connectivity index (χ4v) is 2.68. The van der Waals surface area contributed by atoms with Gasteiger partial charge in [-0.1, -0.05) is 34.4 Å². The second-order valence-corrected chi connectivity index (χ2v) is 5.41. The normalized spacial score (nSPS) is 11.0. The third-order valence-electron chi connectivity index (χ3n) is 3.17. The fourth-order valence-electron chi connectivity index (χ4n) is 2.18. The molecule has 6 heteroatoms. The highest BCUT2D eigenvalue weighted by molar-refractivity contribution is 6.36. The summed E-state index contributed by atoms with van der Waals surface area (Å²) < 4.78 is 10.6. The van der Waals surface area contributed by atoms with Gasteiger partial charge in [0, 0.05) is 23.4 Å². The Morgan fingerprint density at radius 2 is 2.00 bits per heavy atom. The number of aryl methyl sites for hydroxylation is 2. The van der Waals surface area contributed by atoms with Crippen molar-refractivity contribution in [2.75, 3.05) is 5.73 Å². The zero-order valence-corrected chi connectivity index (χ0v) is 12.5. The first-order valence-corrected chi connectivity index (χ1v) is 7.12. The summed E-state index contributed by atoms with van der Waals surface area (Å²) in [5.41, 5.74) is 7.38. The number of halogens is 2. The van der Waals surface area contributed by atoms with E-state index in [9.17, 15) is 0 Å². The Bertz CT molecular complexity index is 751. The molecular weight excluding hydrogens is 311 g/mol. The van der Waals surface area contributed by atoms with E-state index in [-0.39, 0.29) is 0 Å². The van der Waals surface area contributed by atoms with Crippen molar-refractivity contribution in [2.24, 2.45) is 0 Å². The maximum absolute atomic E-state index is 6.24. The van der Waals surface area contributed by atoms with Crippen molar-refractivity contribution in [1.82, 2.24) is 5.16 Å². The Labute approximate surface area is 131 Å². The maximum Gasteiger partial charge on any atom is 0.175 e. The van der Waals surface area contributed by atoms with Gasteiger partial charge in [-0.3, -0.25) is 0 Å². The van der Waals surface area contributed by atoms with E-state index in [1.54, 1.807) is 18.4 Å². The van der Waals surface area contributed by atoms with Gasteiger partial charge in [0.05, 0.1) is 16.8 Å². The van der Waals surface area contributed by atoms with E-state index < -0.39 is 0 Å². The van der Waals surface area contributed by atoms with Crippen molar-refractivity contribution in [1.29, 1.82) is 0 Å². The summed E-state index contributed by atoms with van der Waals surface area (Å²) in [4.78, 5) is 0. The van der Waals surface area contributed by atoms with E-state index in [1.807, 2.05) is 18.2 Å². The number of nitrogens with zero attached hydrogens (tertiary/aromatic N) is 1. The van der Waals surface area contributed by atoms with Crippen LogP contribution in [0.15, 0.2) is 45.5 Å². The van der Waals surface area contributed by atoms with Crippen molar-refractivity contribution in [3.8, 4) is 11.1 Å². The third-order valence-corrected chi connectivity index (χ3v) is 3.72. The number of hydrogen-bond donors (Lipinski definition) is 1. The molecule has 0 atom stereocenters. The van der Waals surface area contributed by atoms with Gasteiger partial charge in [0.25, 0.3) is 0 Å². The van der Waals surface area contributed by atoms with Crippen LogP contribution in [0.3, 0.4) is 0 Å². The summed E-state index contributed by atoms with van der Waals surface area (Å²) in [5.74, 6) is 1.86. The SMILES string of the molecule is Nc1noc(CCc2ccco2)c1-c1ccc(Cl)cc1Cl. The smallest absolute Gasteiger partial charge is 0.175 e. The van der Waals surface area contributed by atoms with E-state index in [1.165, 1.54) is 0 Å². The van der Waals surface area contributed by atoms with Gasteiger partial charge in [-0.2, -0.15) is 0 Å². The molecule has 0 spiro atoms. The standard InChI is InChI=1S/C15H12Cl2N2O2/c16-9-3-5-11(12(17)8-9)14-13(21-19-15(14)18)6-4-10-2-1-7-20-10/h1-3,5,7-8H,4,6H2,(H2,18,19). The molecule has 3 rings (SSSR count). The number of nitrogen functional groups attached to an aromatic ring is 1. The van der Waals surface area contributed by atoms with Crippen LogP contribution in [-0.2, 0) is 12.8 Å². The highest BCUT2D eigenvalue weighted by Gasteiger charge is 2.18. The second-order valence-electron chi connectivity index (χ2n) is 4.57. The summed E-state index contributed by atoms with van der Waals surface area (Å²) in [6, 6.07) is 8.99. The lowest BCUT2D eigenvalue weighted by Crippen LogP contribution is -1.94. The lowest BCUT2D eigenvalue weighted by molar-refractivity contribution is 0.382. The first kappa shape index (κ1) is 14.0. The van der Waals surface area contributed by atoms with Crippen molar-refractivity contribution in [3.63, 3.8) is 0 Å². The quantitative estimate of drug-likeness (QED) is 0.761. The number of furan rings is 1. The Kier molecular flexibility index (Phi) is 3.90. The molecule has 21 heavy (non-hydrogen) atoms. The van der Waals surface area contributed by atoms with Crippen LogP contribution in [0, 0.1) is 0 Å². The van der Waals surface area contributed by atoms with Gasteiger partial charge < -0.3 is 14.7 Å². The molecule has 2 aromatic heterocycles. The Morgan fingerprint density at radius 3 is 2.71 bits per heavy atom. The van der Waals surface area contributed by atoms with Gasteiger partial charge >= 0.3 is 0 Å². The van der Waals surface area contributed by atoms with Gasteiger partial charge in [-0.25, -0.2) is 0 Å². The summed E-state index contributed by atoms with van der Waals surface area (Å²) in [6.07, 6.45) is 2.95. The lowest BCUT2D eigenvalue weighted by atomic mass is 10.0. The predicted octanol–water partition coefficient (Wildman–Crippen LogP) is 4.61. The molecule has 0 aliphatic rings. The van der Waals surface area contributed by atoms with Crippen LogP contribution >= 0.6 is 23.2 Å². The minimum atomic E-state index is 0.314. The van der Waals surface area contributed by atoms with Crippen LogP contribution in [-0.4, -0.2) is 5.16 Å². The minimum Gasteiger partial charge on any atom is -0.469 e. The highest BCUT2D eigenvalue weighted by atomic mass is 35.5. The molecule has 0 amide bonds. The molecule has 2 heterocycles. The van der Waals surface area contributed by atoms with Crippen LogP contribution in [0.4, 0.5) is 5.82 Å². The first-order chi connectivity index (χ1) is 10.1. The molecule has 0 radical (unpaired) electrons. The van der Waals surface area contributed by atoms with Crippen molar-refractivity contribution in [2.45, 2.75) is 12.8 Å².